The number of thiophene rings is 2. The Morgan fingerprint density at radius 2 is 1.07 bits per heavy atom. The van der Waals surface area contributed by atoms with Gasteiger partial charge in [-0.3, -0.25) is 9.97 Å². The molecule has 0 aliphatic heterocycles. The van der Waals surface area contributed by atoms with E-state index in [1.165, 1.54) is 22.7 Å². The van der Waals surface area contributed by atoms with Gasteiger partial charge in [-0.05, 0) is 50.2 Å². The first kappa shape index (κ1) is 30.2. The summed E-state index contributed by atoms with van der Waals surface area (Å²) < 4.78 is 77.1. The lowest BCUT2D eigenvalue weighted by molar-refractivity contribution is -0.138. The summed E-state index contributed by atoms with van der Waals surface area (Å²) in [5.41, 5.74) is 0.157. The van der Waals surface area contributed by atoms with E-state index in [2.05, 4.69) is 20.2 Å². The maximum Gasteiger partial charge on any atom is 0.417 e. The van der Waals surface area contributed by atoms with Crippen LogP contribution in [0.5, 0.6) is 0 Å². The van der Waals surface area contributed by atoms with Gasteiger partial charge in [0.1, 0.15) is 0 Å². The van der Waals surface area contributed by atoms with Crippen molar-refractivity contribution in [2.24, 2.45) is 10.2 Å². The highest BCUT2D eigenvalue weighted by Crippen LogP contribution is 2.33. The van der Waals surface area contributed by atoms with Gasteiger partial charge in [0.25, 0.3) is 0 Å². The summed E-state index contributed by atoms with van der Waals surface area (Å²) in [7, 11) is 0. The zero-order valence-electron chi connectivity index (χ0n) is 20.7. The van der Waals surface area contributed by atoms with Crippen LogP contribution >= 0.6 is 45.9 Å². The van der Waals surface area contributed by atoms with Crippen molar-refractivity contribution in [1.82, 2.24) is 9.97 Å². The zero-order valence-corrected chi connectivity index (χ0v) is 23.8. The van der Waals surface area contributed by atoms with Gasteiger partial charge in [0.05, 0.1) is 53.7 Å². The van der Waals surface area contributed by atoms with E-state index in [4.69, 9.17) is 23.2 Å². The SMILES string of the molecule is C/C(=N/N=C(/C)c1ccc(Cc2ncc(C(F)(F)F)cc2Cl)s1)c1ccc(Cc2ncc(C(F)(F)F)cc2Cl)s1. The van der Waals surface area contributed by atoms with Crippen LogP contribution in [0, 0.1) is 0 Å². The van der Waals surface area contributed by atoms with E-state index in [-0.39, 0.29) is 22.9 Å². The Kier molecular flexibility index (Phi) is 9.03. The molecule has 0 aliphatic rings. The van der Waals surface area contributed by atoms with Gasteiger partial charge < -0.3 is 0 Å². The monoisotopic (exact) mass is 634 g/mol. The van der Waals surface area contributed by atoms with Crippen LogP contribution in [0.2, 0.25) is 10.0 Å². The smallest absolute Gasteiger partial charge is 0.259 e. The van der Waals surface area contributed by atoms with Crippen LogP contribution in [0.15, 0.2) is 59.0 Å². The lowest BCUT2D eigenvalue weighted by atomic mass is 10.2. The van der Waals surface area contributed by atoms with Crippen molar-refractivity contribution in [3.05, 3.63) is 101 Å². The van der Waals surface area contributed by atoms with E-state index in [1.54, 1.807) is 13.8 Å². The van der Waals surface area contributed by atoms with Gasteiger partial charge in [-0.2, -0.15) is 36.5 Å². The minimum Gasteiger partial charge on any atom is -0.259 e. The summed E-state index contributed by atoms with van der Waals surface area (Å²) in [6.07, 6.45) is -6.95. The van der Waals surface area contributed by atoms with E-state index in [9.17, 15) is 26.3 Å². The third-order valence-electron chi connectivity index (χ3n) is 5.56. The third-order valence-corrected chi connectivity index (χ3v) is 8.60. The predicted molar refractivity (Wildman–Crippen MR) is 147 cm³/mol. The number of hydrogen-bond donors (Lipinski definition) is 0. The van der Waals surface area contributed by atoms with Crippen LogP contribution in [0.1, 0.15) is 55.9 Å². The maximum absolute atomic E-state index is 12.8. The number of halogens is 8. The Labute approximate surface area is 243 Å². The highest BCUT2D eigenvalue weighted by molar-refractivity contribution is 7.14. The van der Waals surface area contributed by atoms with Crippen molar-refractivity contribution in [3.63, 3.8) is 0 Å². The van der Waals surface area contributed by atoms with Gasteiger partial charge in [-0.1, -0.05) is 23.2 Å². The van der Waals surface area contributed by atoms with Gasteiger partial charge in [0.2, 0.25) is 0 Å². The number of nitrogens with zero attached hydrogens (tertiary/aromatic N) is 4. The van der Waals surface area contributed by atoms with Gasteiger partial charge in [0.15, 0.2) is 0 Å². The fourth-order valence-electron chi connectivity index (χ4n) is 3.42. The lowest BCUT2D eigenvalue weighted by Crippen LogP contribution is -2.06. The molecule has 0 saturated carbocycles. The predicted octanol–water partition coefficient (Wildman–Crippen LogP) is 9.36. The Bertz CT molecular complexity index is 1470. The minimum absolute atomic E-state index is 0.0536. The summed E-state index contributed by atoms with van der Waals surface area (Å²) in [6, 6.07) is 9.08. The molecule has 0 aromatic carbocycles. The molecule has 4 heterocycles. The molecule has 4 aromatic rings. The van der Waals surface area contributed by atoms with Crippen molar-refractivity contribution in [3.8, 4) is 0 Å². The van der Waals surface area contributed by atoms with Gasteiger partial charge in [-0.25, -0.2) is 0 Å². The lowest BCUT2D eigenvalue weighted by Gasteiger charge is -2.08. The number of hydrogen-bond acceptors (Lipinski definition) is 6. The zero-order chi connectivity index (χ0) is 29.2. The average Bonchev–Trinajstić information content (AvgIpc) is 3.53. The molecule has 0 bridgehead atoms. The number of alkyl halides is 6. The second-order valence-electron chi connectivity index (χ2n) is 8.56. The summed E-state index contributed by atoms with van der Waals surface area (Å²) in [5, 5.41) is 8.50. The summed E-state index contributed by atoms with van der Waals surface area (Å²) >= 11 is 14.9. The molecule has 0 amide bonds. The number of pyridine rings is 2. The van der Waals surface area contributed by atoms with Crippen LogP contribution in [-0.2, 0) is 25.2 Å². The Balaban J connectivity index is 1.42. The van der Waals surface area contributed by atoms with Crippen LogP contribution in [0.25, 0.3) is 0 Å². The molecule has 4 nitrogen and oxygen atoms in total. The summed E-state index contributed by atoms with van der Waals surface area (Å²) in [5.74, 6) is 0. The first-order chi connectivity index (χ1) is 18.7. The topological polar surface area (TPSA) is 50.5 Å². The van der Waals surface area contributed by atoms with Gasteiger partial charge >= 0.3 is 12.4 Å². The van der Waals surface area contributed by atoms with Gasteiger partial charge in [-0.15, -0.1) is 22.7 Å². The number of rotatable bonds is 7. The van der Waals surface area contributed by atoms with Crippen molar-refractivity contribution >= 4 is 57.3 Å². The summed E-state index contributed by atoms with van der Waals surface area (Å²) in [4.78, 5) is 11.1. The normalized spacial score (nSPS) is 13.2. The van der Waals surface area contributed by atoms with E-state index in [0.717, 1.165) is 44.0 Å². The van der Waals surface area contributed by atoms with E-state index >= 15 is 0 Å². The van der Waals surface area contributed by atoms with Crippen LogP contribution in [-0.4, -0.2) is 21.4 Å². The molecule has 0 spiro atoms. The van der Waals surface area contributed by atoms with E-state index < -0.39 is 23.5 Å². The standard InChI is InChI=1S/C26H18Cl2F6N4S2/c1-13(23-5-3-17(39-23)9-21-19(27)7-15(11-35-21)25(29,30)31)37-38-14(2)24-6-4-18(40-24)10-22-20(28)8-16(12-36-22)26(32,33)34/h3-8,11-12H,9-10H2,1-2H3/b37-13-,38-14-. The fourth-order valence-corrected chi connectivity index (χ4v) is 5.79. The fraction of sp³-hybridized carbons (Fsp3) is 0.231. The van der Waals surface area contributed by atoms with Crippen molar-refractivity contribution in [2.75, 3.05) is 0 Å². The van der Waals surface area contributed by atoms with E-state index in [0.29, 0.717) is 22.8 Å². The maximum atomic E-state index is 12.8. The van der Waals surface area contributed by atoms with Crippen molar-refractivity contribution in [2.45, 2.75) is 39.0 Å². The molecule has 210 valence electrons. The quantitative estimate of drug-likeness (QED) is 0.115. The minimum atomic E-state index is -4.51. The largest absolute Gasteiger partial charge is 0.417 e. The second kappa shape index (κ2) is 12.0. The molecule has 4 rings (SSSR count). The van der Waals surface area contributed by atoms with Crippen molar-refractivity contribution in [1.29, 1.82) is 0 Å². The molecule has 0 unspecified atom stereocenters. The molecular formula is C26H18Cl2F6N4S2. The summed E-state index contributed by atoms with van der Waals surface area (Å²) in [6.45, 7) is 3.57. The Morgan fingerprint density at radius 1 is 0.700 bits per heavy atom. The molecule has 0 radical (unpaired) electrons. The van der Waals surface area contributed by atoms with Crippen molar-refractivity contribution < 1.29 is 26.3 Å². The number of aromatic nitrogens is 2. The molecule has 0 aliphatic carbocycles. The molecular weight excluding hydrogens is 617 g/mol. The molecule has 40 heavy (non-hydrogen) atoms. The van der Waals surface area contributed by atoms with Gasteiger partial charge in [0, 0.05) is 35.0 Å². The molecule has 0 fully saturated rings. The van der Waals surface area contributed by atoms with Crippen LogP contribution < -0.4 is 0 Å². The average molecular weight is 635 g/mol. The van der Waals surface area contributed by atoms with Crippen LogP contribution in [0.3, 0.4) is 0 Å². The first-order valence-corrected chi connectivity index (χ1v) is 13.8. The molecule has 0 atom stereocenters. The Hall–Kier alpha value is -2.80. The van der Waals surface area contributed by atoms with E-state index in [1.807, 2.05) is 24.3 Å². The Morgan fingerprint density at radius 3 is 1.40 bits per heavy atom. The third kappa shape index (κ3) is 7.48. The molecule has 14 heteroatoms. The highest BCUT2D eigenvalue weighted by atomic mass is 35.5. The molecule has 0 N–H and O–H groups in total. The van der Waals surface area contributed by atoms with Crippen LogP contribution in [0.4, 0.5) is 26.3 Å². The molecule has 4 aromatic heterocycles. The highest BCUT2D eigenvalue weighted by Gasteiger charge is 2.32. The first-order valence-electron chi connectivity index (χ1n) is 11.4. The second-order valence-corrected chi connectivity index (χ2v) is 11.7. The molecule has 0 saturated heterocycles.